The Bertz CT molecular complexity index is 376. The van der Waals surface area contributed by atoms with E-state index in [9.17, 15) is 0 Å². The summed E-state index contributed by atoms with van der Waals surface area (Å²) in [6.45, 7) is 2.16. The molecule has 1 aliphatic carbocycles. The van der Waals surface area contributed by atoms with Crippen molar-refractivity contribution in [3.05, 3.63) is 28.8 Å². The lowest BCUT2D eigenvalue weighted by Gasteiger charge is -2.06. The monoisotopic (exact) mass is 189 g/mol. The second kappa shape index (κ2) is 3.43. The van der Waals surface area contributed by atoms with E-state index in [0.29, 0.717) is 0 Å². The highest BCUT2D eigenvalue weighted by atomic mass is 32.2. The Labute approximate surface area is 82.8 Å². The van der Waals surface area contributed by atoms with Gasteiger partial charge >= 0.3 is 0 Å². The molecule has 1 aliphatic rings. The second-order valence-electron chi connectivity index (χ2n) is 3.38. The summed E-state index contributed by atoms with van der Waals surface area (Å²) in [7, 11) is 0. The zero-order valence-corrected chi connectivity index (χ0v) is 8.45. The fourth-order valence-corrected chi connectivity index (χ4v) is 2.58. The Hall–Kier alpha value is -0.940. The molecule has 1 nitrogen and oxygen atoms in total. The number of nitrogens with zero attached hydrogens (tertiary/aromatic N) is 1. The minimum atomic E-state index is 1.15. The lowest BCUT2D eigenvalue weighted by molar-refractivity contribution is 0.904. The zero-order valence-electron chi connectivity index (χ0n) is 7.63. The van der Waals surface area contributed by atoms with Gasteiger partial charge in [0.1, 0.15) is 5.40 Å². The summed E-state index contributed by atoms with van der Waals surface area (Å²) >= 11 is 1.29. The molecule has 13 heavy (non-hydrogen) atoms. The van der Waals surface area contributed by atoms with Gasteiger partial charge in [0.15, 0.2) is 0 Å². The molecule has 0 amide bonds. The van der Waals surface area contributed by atoms with Gasteiger partial charge < -0.3 is 0 Å². The minimum Gasteiger partial charge on any atom is -0.185 e. The molecule has 1 aromatic carbocycles. The van der Waals surface area contributed by atoms with Gasteiger partial charge in [-0.3, -0.25) is 0 Å². The highest BCUT2D eigenvalue weighted by molar-refractivity contribution is 8.03. The third kappa shape index (κ3) is 1.45. The Morgan fingerprint density at radius 3 is 2.85 bits per heavy atom. The molecule has 0 atom stereocenters. The van der Waals surface area contributed by atoms with Crippen LogP contribution in [0.3, 0.4) is 0 Å². The van der Waals surface area contributed by atoms with Gasteiger partial charge in [-0.2, -0.15) is 5.26 Å². The molecule has 2 rings (SSSR count). The predicted molar refractivity (Wildman–Crippen MR) is 54.7 cm³/mol. The van der Waals surface area contributed by atoms with Gasteiger partial charge in [0.2, 0.25) is 0 Å². The van der Waals surface area contributed by atoms with Crippen LogP contribution in [-0.4, -0.2) is 0 Å². The molecule has 0 N–H and O–H groups in total. The maximum Gasteiger partial charge on any atom is 0.138 e. The van der Waals surface area contributed by atoms with E-state index in [2.05, 4.69) is 24.5 Å². The van der Waals surface area contributed by atoms with Crippen LogP contribution < -0.4 is 0 Å². The maximum atomic E-state index is 8.63. The van der Waals surface area contributed by atoms with E-state index < -0.39 is 0 Å². The van der Waals surface area contributed by atoms with Crippen molar-refractivity contribution in [2.75, 3.05) is 0 Å². The van der Waals surface area contributed by atoms with E-state index in [-0.39, 0.29) is 0 Å². The maximum absolute atomic E-state index is 8.63. The normalized spacial score (nSPS) is 13.8. The Morgan fingerprint density at radius 2 is 2.08 bits per heavy atom. The molecule has 0 heterocycles. The number of aryl methyl sites for hydroxylation is 1. The number of thioether (sulfide) groups is 1. The summed E-state index contributed by atoms with van der Waals surface area (Å²) in [4.78, 5) is 1.17. The van der Waals surface area contributed by atoms with Crippen LogP contribution in [0.1, 0.15) is 23.1 Å². The summed E-state index contributed by atoms with van der Waals surface area (Å²) in [6.07, 6.45) is 3.60. The molecule has 0 aromatic heterocycles. The van der Waals surface area contributed by atoms with Crippen molar-refractivity contribution >= 4 is 11.8 Å². The Morgan fingerprint density at radius 1 is 1.31 bits per heavy atom. The quantitative estimate of drug-likeness (QED) is 0.501. The minimum absolute atomic E-state index is 1.15. The third-order valence-corrected chi connectivity index (χ3v) is 3.33. The lowest BCUT2D eigenvalue weighted by Crippen LogP contribution is -1.89. The van der Waals surface area contributed by atoms with Gasteiger partial charge in [0.25, 0.3) is 0 Å². The van der Waals surface area contributed by atoms with Crippen molar-refractivity contribution in [3.8, 4) is 5.40 Å². The van der Waals surface area contributed by atoms with Gasteiger partial charge in [-0.1, -0.05) is 6.07 Å². The van der Waals surface area contributed by atoms with Crippen molar-refractivity contribution in [3.63, 3.8) is 0 Å². The van der Waals surface area contributed by atoms with Crippen LogP contribution in [0.25, 0.3) is 0 Å². The SMILES string of the molecule is Cc1ccc(SC#N)c2c1CCC2. The molecule has 66 valence electrons. The molecule has 0 radical (unpaired) electrons. The average molecular weight is 189 g/mol. The van der Waals surface area contributed by atoms with Crippen molar-refractivity contribution in [2.45, 2.75) is 31.1 Å². The van der Waals surface area contributed by atoms with Gasteiger partial charge in [0, 0.05) is 4.90 Å². The smallest absolute Gasteiger partial charge is 0.138 e. The van der Waals surface area contributed by atoms with Crippen molar-refractivity contribution in [1.29, 1.82) is 5.26 Å². The lowest BCUT2D eigenvalue weighted by atomic mass is 10.1. The van der Waals surface area contributed by atoms with E-state index >= 15 is 0 Å². The van der Waals surface area contributed by atoms with E-state index in [4.69, 9.17) is 5.26 Å². The third-order valence-electron chi connectivity index (χ3n) is 2.63. The molecular weight excluding hydrogens is 178 g/mol. The van der Waals surface area contributed by atoms with E-state index in [0.717, 1.165) is 6.42 Å². The number of fused-ring (bicyclic) bond motifs is 1. The fraction of sp³-hybridized carbons (Fsp3) is 0.364. The number of hydrogen-bond donors (Lipinski definition) is 0. The molecule has 0 fully saturated rings. The number of rotatable bonds is 1. The van der Waals surface area contributed by atoms with Gasteiger partial charge in [-0.25, -0.2) is 0 Å². The van der Waals surface area contributed by atoms with E-state index in [1.165, 1.54) is 46.2 Å². The Balaban J connectivity index is 2.51. The summed E-state index contributed by atoms with van der Waals surface area (Å²) < 4.78 is 0. The first-order valence-electron chi connectivity index (χ1n) is 4.50. The molecule has 2 heteroatoms. The van der Waals surface area contributed by atoms with Crippen molar-refractivity contribution < 1.29 is 0 Å². The number of hydrogen-bond acceptors (Lipinski definition) is 2. The molecule has 0 bridgehead atoms. The first-order valence-corrected chi connectivity index (χ1v) is 5.32. The summed E-state index contributed by atoms with van der Waals surface area (Å²) in [5.74, 6) is 0. The summed E-state index contributed by atoms with van der Waals surface area (Å²) in [5, 5.41) is 10.8. The fourth-order valence-electron chi connectivity index (χ4n) is 2.00. The van der Waals surface area contributed by atoms with E-state index in [1.807, 2.05) is 0 Å². The molecule has 0 unspecified atom stereocenters. The van der Waals surface area contributed by atoms with Gasteiger partial charge in [-0.05, 0) is 60.7 Å². The molecule has 1 aromatic rings. The van der Waals surface area contributed by atoms with Crippen molar-refractivity contribution in [1.82, 2.24) is 0 Å². The zero-order chi connectivity index (χ0) is 9.26. The first-order chi connectivity index (χ1) is 6.33. The van der Waals surface area contributed by atoms with Crippen LogP contribution in [0.4, 0.5) is 0 Å². The van der Waals surface area contributed by atoms with Gasteiger partial charge in [0.05, 0.1) is 0 Å². The summed E-state index contributed by atoms with van der Waals surface area (Å²) in [6, 6.07) is 4.21. The standard InChI is InChI=1S/C11H11NS/c1-8-5-6-11(13-7-12)10-4-2-3-9(8)10/h5-6H,2-4H2,1H3. The van der Waals surface area contributed by atoms with Crippen LogP contribution in [0, 0.1) is 17.6 Å². The highest BCUT2D eigenvalue weighted by Gasteiger charge is 2.16. The van der Waals surface area contributed by atoms with Crippen molar-refractivity contribution in [2.24, 2.45) is 0 Å². The molecule has 0 saturated heterocycles. The number of benzene rings is 1. The van der Waals surface area contributed by atoms with Crippen LogP contribution in [0.15, 0.2) is 17.0 Å². The van der Waals surface area contributed by atoms with Gasteiger partial charge in [-0.15, -0.1) is 0 Å². The van der Waals surface area contributed by atoms with E-state index in [1.54, 1.807) is 0 Å². The molecular formula is C11H11NS. The average Bonchev–Trinajstić information content (AvgIpc) is 2.59. The highest BCUT2D eigenvalue weighted by Crippen LogP contribution is 2.33. The molecule has 0 spiro atoms. The topological polar surface area (TPSA) is 23.8 Å². The second-order valence-corrected chi connectivity index (χ2v) is 4.21. The first kappa shape index (κ1) is 8.65. The van der Waals surface area contributed by atoms with Crippen LogP contribution in [-0.2, 0) is 12.8 Å². The largest absolute Gasteiger partial charge is 0.185 e. The number of nitriles is 1. The van der Waals surface area contributed by atoms with Crippen LogP contribution in [0.5, 0.6) is 0 Å². The van der Waals surface area contributed by atoms with Crippen LogP contribution >= 0.6 is 11.8 Å². The Kier molecular flexibility index (Phi) is 2.28. The number of thiocyanates is 1. The molecule has 0 saturated carbocycles. The predicted octanol–water partition coefficient (Wildman–Crippen LogP) is 3.06. The van der Waals surface area contributed by atoms with Crippen LogP contribution in [0.2, 0.25) is 0 Å². The molecule has 0 aliphatic heterocycles. The summed E-state index contributed by atoms with van der Waals surface area (Å²) in [5.41, 5.74) is 4.29.